The topological polar surface area (TPSA) is 55.4 Å². The van der Waals surface area contributed by atoms with Crippen LogP contribution in [-0.2, 0) is 4.74 Å². The molecule has 1 amide bonds. The third-order valence-electron chi connectivity index (χ3n) is 2.76. The molecule has 2 rings (SSSR count). The number of rotatable bonds is 4. The van der Waals surface area contributed by atoms with Gasteiger partial charge < -0.3 is 10.1 Å². The Balaban J connectivity index is 2.18. The second kappa shape index (κ2) is 6.65. The number of para-hydroxylation sites is 1. The zero-order valence-electron chi connectivity index (χ0n) is 11.4. The summed E-state index contributed by atoms with van der Waals surface area (Å²) in [6.45, 7) is 1.96. The average molecular weight is 287 g/mol. The van der Waals surface area contributed by atoms with Crippen molar-refractivity contribution < 1.29 is 18.7 Å². The molecule has 0 bridgehead atoms. The molecule has 0 aliphatic rings. The van der Waals surface area contributed by atoms with Crippen LogP contribution in [0.5, 0.6) is 0 Å². The molecule has 0 spiro atoms. The number of carbonyl (C=O) groups is 2. The van der Waals surface area contributed by atoms with E-state index < -0.39 is 17.7 Å². The summed E-state index contributed by atoms with van der Waals surface area (Å²) in [5.74, 6) is -1.52. The Morgan fingerprint density at radius 2 is 1.81 bits per heavy atom. The highest BCUT2D eigenvalue weighted by atomic mass is 19.1. The predicted molar refractivity (Wildman–Crippen MR) is 76.8 cm³/mol. The molecule has 0 aliphatic carbocycles. The first-order chi connectivity index (χ1) is 10.1. The highest BCUT2D eigenvalue weighted by Crippen LogP contribution is 2.15. The quantitative estimate of drug-likeness (QED) is 0.878. The highest BCUT2D eigenvalue weighted by molar-refractivity contribution is 6.05. The van der Waals surface area contributed by atoms with Crippen LogP contribution in [0.2, 0.25) is 0 Å². The normalized spacial score (nSPS) is 10.0. The number of anilines is 1. The number of carbonyl (C=O) groups excluding carboxylic acids is 2. The second-order valence-electron chi connectivity index (χ2n) is 4.24. The van der Waals surface area contributed by atoms with Crippen molar-refractivity contribution in [1.82, 2.24) is 0 Å². The Hall–Kier alpha value is -2.69. The van der Waals surface area contributed by atoms with Gasteiger partial charge in [0, 0.05) is 5.56 Å². The number of nitrogens with one attached hydrogen (secondary N) is 1. The van der Waals surface area contributed by atoms with E-state index in [0.29, 0.717) is 0 Å². The number of hydrogen-bond acceptors (Lipinski definition) is 3. The summed E-state index contributed by atoms with van der Waals surface area (Å²) in [6.07, 6.45) is 0. The van der Waals surface area contributed by atoms with Crippen molar-refractivity contribution in [2.75, 3.05) is 11.9 Å². The maximum atomic E-state index is 13.5. The van der Waals surface area contributed by atoms with E-state index in [0.717, 1.165) is 0 Å². The molecule has 0 aromatic heterocycles. The van der Waals surface area contributed by atoms with Gasteiger partial charge in [-0.1, -0.05) is 18.2 Å². The van der Waals surface area contributed by atoms with Crippen LogP contribution in [0.25, 0.3) is 0 Å². The first kappa shape index (κ1) is 14.7. The van der Waals surface area contributed by atoms with Crippen LogP contribution in [0.15, 0.2) is 48.5 Å². The molecule has 0 fully saturated rings. The van der Waals surface area contributed by atoms with E-state index in [1.54, 1.807) is 31.2 Å². The summed E-state index contributed by atoms with van der Waals surface area (Å²) in [7, 11) is 0. The van der Waals surface area contributed by atoms with E-state index in [9.17, 15) is 14.0 Å². The molecule has 5 heteroatoms. The van der Waals surface area contributed by atoms with E-state index in [4.69, 9.17) is 4.74 Å². The van der Waals surface area contributed by atoms with Gasteiger partial charge in [-0.3, -0.25) is 4.79 Å². The summed E-state index contributed by atoms with van der Waals surface area (Å²) >= 11 is 0. The lowest BCUT2D eigenvalue weighted by Gasteiger charge is -2.07. The second-order valence-corrected chi connectivity index (χ2v) is 4.24. The monoisotopic (exact) mass is 287 g/mol. The fraction of sp³-hybridized carbons (Fsp3) is 0.125. The number of hydrogen-bond donors (Lipinski definition) is 1. The first-order valence-corrected chi connectivity index (χ1v) is 6.45. The molecule has 0 saturated heterocycles. The van der Waals surface area contributed by atoms with Crippen LogP contribution in [0.3, 0.4) is 0 Å². The fourth-order valence-electron chi connectivity index (χ4n) is 1.76. The molecule has 0 saturated carbocycles. The van der Waals surface area contributed by atoms with Crippen LogP contribution in [0.4, 0.5) is 10.1 Å². The van der Waals surface area contributed by atoms with Gasteiger partial charge in [-0.05, 0) is 37.3 Å². The molecule has 0 atom stereocenters. The molecule has 0 heterocycles. The lowest BCUT2D eigenvalue weighted by Crippen LogP contribution is -2.14. The molecule has 0 unspecified atom stereocenters. The lowest BCUT2D eigenvalue weighted by molar-refractivity contribution is 0.0526. The van der Waals surface area contributed by atoms with E-state index in [2.05, 4.69) is 5.32 Å². The van der Waals surface area contributed by atoms with Gasteiger partial charge in [-0.15, -0.1) is 0 Å². The molecule has 4 nitrogen and oxygen atoms in total. The van der Waals surface area contributed by atoms with Crippen molar-refractivity contribution >= 4 is 17.6 Å². The van der Waals surface area contributed by atoms with Crippen LogP contribution in [0, 0.1) is 5.82 Å². The van der Waals surface area contributed by atoms with Gasteiger partial charge >= 0.3 is 5.97 Å². The zero-order chi connectivity index (χ0) is 15.2. The summed E-state index contributed by atoms with van der Waals surface area (Å²) in [6, 6.07) is 11.9. The third kappa shape index (κ3) is 3.66. The lowest BCUT2D eigenvalue weighted by atomic mass is 10.1. The highest BCUT2D eigenvalue weighted by Gasteiger charge is 2.12. The third-order valence-corrected chi connectivity index (χ3v) is 2.76. The summed E-state index contributed by atoms with van der Waals surface area (Å²) in [4.78, 5) is 23.7. The molecule has 21 heavy (non-hydrogen) atoms. The molecule has 108 valence electrons. The van der Waals surface area contributed by atoms with Crippen molar-refractivity contribution in [3.8, 4) is 0 Å². The summed E-state index contributed by atoms with van der Waals surface area (Å²) in [5, 5.41) is 2.46. The molecule has 0 aliphatic heterocycles. The number of esters is 1. The van der Waals surface area contributed by atoms with Crippen LogP contribution >= 0.6 is 0 Å². The van der Waals surface area contributed by atoms with Gasteiger partial charge in [0.15, 0.2) is 0 Å². The molecule has 1 N–H and O–H groups in total. The van der Waals surface area contributed by atoms with E-state index in [1.165, 1.54) is 24.3 Å². The Morgan fingerprint density at radius 3 is 2.52 bits per heavy atom. The van der Waals surface area contributed by atoms with Gasteiger partial charge in [0.1, 0.15) is 5.82 Å². The minimum absolute atomic E-state index is 0.0871. The molecule has 2 aromatic carbocycles. The van der Waals surface area contributed by atoms with E-state index in [-0.39, 0.29) is 23.4 Å². The van der Waals surface area contributed by atoms with Crippen molar-refractivity contribution in [3.63, 3.8) is 0 Å². The minimum atomic E-state index is -0.521. The van der Waals surface area contributed by atoms with Crippen molar-refractivity contribution in [2.24, 2.45) is 0 Å². The standard InChI is InChI=1S/C16H14FNO3/c1-2-21-16(20)12-7-5-6-11(10-12)15(19)18-14-9-4-3-8-13(14)17/h3-10H,2H2,1H3,(H,18,19). The van der Waals surface area contributed by atoms with Crippen LogP contribution < -0.4 is 5.32 Å². The van der Waals surface area contributed by atoms with Crippen molar-refractivity contribution in [1.29, 1.82) is 0 Å². The summed E-state index contributed by atoms with van der Waals surface area (Å²) in [5.41, 5.74) is 0.617. The first-order valence-electron chi connectivity index (χ1n) is 6.45. The van der Waals surface area contributed by atoms with Gasteiger partial charge in [-0.2, -0.15) is 0 Å². The SMILES string of the molecule is CCOC(=O)c1cccc(C(=O)Nc2ccccc2F)c1. The van der Waals surface area contributed by atoms with E-state index in [1.807, 2.05) is 0 Å². The summed E-state index contributed by atoms with van der Waals surface area (Å²) < 4.78 is 18.4. The Labute approximate surface area is 121 Å². The largest absolute Gasteiger partial charge is 0.462 e. The number of amides is 1. The maximum Gasteiger partial charge on any atom is 0.338 e. The number of halogens is 1. The average Bonchev–Trinajstić information content (AvgIpc) is 2.50. The van der Waals surface area contributed by atoms with Gasteiger partial charge in [-0.25, -0.2) is 9.18 Å². The molecule has 2 aromatic rings. The predicted octanol–water partition coefficient (Wildman–Crippen LogP) is 3.25. The Morgan fingerprint density at radius 1 is 1.10 bits per heavy atom. The molecule has 0 radical (unpaired) electrons. The molecular formula is C16H14FNO3. The van der Waals surface area contributed by atoms with E-state index >= 15 is 0 Å². The van der Waals surface area contributed by atoms with Gasteiger partial charge in [0.05, 0.1) is 17.9 Å². The number of ether oxygens (including phenoxy) is 1. The van der Waals surface area contributed by atoms with Gasteiger partial charge in [0.2, 0.25) is 0 Å². The smallest absolute Gasteiger partial charge is 0.338 e. The minimum Gasteiger partial charge on any atom is -0.462 e. The fourth-order valence-corrected chi connectivity index (χ4v) is 1.76. The van der Waals surface area contributed by atoms with Crippen LogP contribution in [0.1, 0.15) is 27.6 Å². The van der Waals surface area contributed by atoms with Gasteiger partial charge in [0.25, 0.3) is 5.91 Å². The van der Waals surface area contributed by atoms with Crippen molar-refractivity contribution in [2.45, 2.75) is 6.92 Å². The van der Waals surface area contributed by atoms with Crippen molar-refractivity contribution in [3.05, 3.63) is 65.5 Å². The Bertz CT molecular complexity index is 670. The molecular weight excluding hydrogens is 273 g/mol. The maximum absolute atomic E-state index is 13.5. The zero-order valence-corrected chi connectivity index (χ0v) is 11.4. The Kier molecular flexibility index (Phi) is 4.66. The van der Waals surface area contributed by atoms with Crippen LogP contribution in [-0.4, -0.2) is 18.5 Å². The number of benzene rings is 2.